The van der Waals surface area contributed by atoms with E-state index < -0.39 is 17.7 Å². The highest BCUT2D eigenvalue weighted by atomic mass is 35.5. The van der Waals surface area contributed by atoms with Gasteiger partial charge in [-0.15, -0.1) is 0 Å². The standard InChI is InChI=1S/C4ClFN8/c5-1-2(11-13-7)9-4(6)10-3(1)12-14-8. The average Bonchev–Trinajstić information content (AvgIpc) is 2.14. The van der Waals surface area contributed by atoms with E-state index in [0.29, 0.717) is 0 Å². The zero-order chi connectivity index (χ0) is 10.6. The molecule has 8 nitrogen and oxygen atoms in total. The summed E-state index contributed by atoms with van der Waals surface area (Å²) < 4.78 is 12.6. The number of hydrogen-bond donors (Lipinski definition) is 0. The van der Waals surface area contributed by atoms with Crippen LogP contribution in [0.25, 0.3) is 20.9 Å². The minimum Gasteiger partial charge on any atom is -0.199 e. The fourth-order valence-corrected chi connectivity index (χ4v) is 0.775. The summed E-state index contributed by atoms with van der Waals surface area (Å²) in [6, 6.07) is 0. The molecule has 1 heterocycles. The van der Waals surface area contributed by atoms with E-state index in [1.807, 2.05) is 0 Å². The van der Waals surface area contributed by atoms with Gasteiger partial charge in [-0.2, -0.15) is 14.4 Å². The Balaban J connectivity index is 3.45. The Kier molecular flexibility index (Phi) is 3.03. The van der Waals surface area contributed by atoms with E-state index in [0.717, 1.165) is 0 Å². The Labute approximate surface area is 80.6 Å². The van der Waals surface area contributed by atoms with Crippen LogP contribution in [0.3, 0.4) is 0 Å². The average molecular weight is 215 g/mol. The SMILES string of the molecule is [N-]=[N+]=Nc1nc(F)nc(N=[N+]=[N-])c1Cl. The lowest BCUT2D eigenvalue weighted by molar-refractivity contribution is 0.541. The van der Waals surface area contributed by atoms with Gasteiger partial charge in [0.05, 0.1) is 5.02 Å². The predicted molar refractivity (Wildman–Crippen MR) is 44.6 cm³/mol. The van der Waals surface area contributed by atoms with Crippen LogP contribution < -0.4 is 0 Å². The van der Waals surface area contributed by atoms with Crippen LogP contribution in [-0.4, -0.2) is 9.97 Å². The molecule has 0 aliphatic rings. The van der Waals surface area contributed by atoms with Crippen LogP contribution in [0.1, 0.15) is 0 Å². The maximum atomic E-state index is 12.6. The highest BCUT2D eigenvalue weighted by molar-refractivity contribution is 6.34. The van der Waals surface area contributed by atoms with Crippen LogP contribution >= 0.6 is 11.6 Å². The zero-order valence-corrected chi connectivity index (χ0v) is 7.09. The van der Waals surface area contributed by atoms with Crippen LogP contribution in [-0.2, 0) is 0 Å². The van der Waals surface area contributed by atoms with Gasteiger partial charge in [0, 0.05) is 9.82 Å². The van der Waals surface area contributed by atoms with E-state index in [2.05, 4.69) is 30.0 Å². The summed E-state index contributed by atoms with van der Waals surface area (Å²) in [6.07, 6.45) is -1.20. The van der Waals surface area contributed by atoms with Crippen molar-refractivity contribution in [2.45, 2.75) is 0 Å². The van der Waals surface area contributed by atoms with Gasteiger partial charge < -0.3 is 0 Å². The predicted octanol–water partition coefficient (Wildman–Crippen LogP) is 3.15. The number of halogens is 2. The lowest BCUT2D eigenvalue weighted by atomic mass is 10.5. The third kappa shape index (κ3) is 1.99. The van der Waals surface area contributed by atoms with Gasteiger partial charge in [0.15, 0.2) is 11.6 Å². The second-order valence-corrected chi connectivity index (χ2v) is 2.21. The van der Waals surface area contributed by atoms with Gasteiger partial charge in [-0.05, 0) is 21.3 Å². The van der Waals surface area contributed by atoms with Crippen LogP contribution in [0, 0.1) is 6.08 Å². The largest absolute Gasteiger partial charge is 0.309 e. The second kappa shape index (κ2) is 4.24. The van der Waals surface area contributed by atoms with Crippen LogP contribution in [0.5, 0.6) is 0 Å². The van der Waals surface area contributed by atoms with Crippen molar-refractivity contribution in [1.29, 1.82) is 0 Å². The molecule has 0 aliphatic carbocycles. The van der Waals surface area contributed by atoms with Crippen molar-refractivity contribution in [3.8, 4) is 0 Å². The van der Waals surface area contributed by atoms with E-state index in [4.69, 9.17) is 22.7 Å². The lowest BCUT2D eigenvalue weighted by Crippen LogP contribution is -1.89. The summed E-state index contributed by atoms with van der Waals surface area (Å²) in [5.41, 5.74) is 16.1. The minimum atomic E-state index is -1.20. The molecular weight excluding hydrogens is 215 g/mol. The quantitative estimate of drug-likeness (QED) is 0.325. The first-order chi connectivity index (χ1) is 6.69. The minimum absolute atomic E-state index is 0.304. The summed E-state index contributed by atoms with van der Waals surface area (Å²) in [6.45, 7) is 0. The van der Waals surface area contributed by atoms with Gasteiger partial charge in [-0.25, -0.2) is 0 Å². The van der Waals surface area contributed by atoms with E-state index in [1.54, 1.807) is 0 Å². The topological polar surface area (TPSA) is 123 Å². The summed E-state index contributed by atoms with van der Waals surface area (Å²) in [4.78, 5) is 10.9. The molecule has 0 spiro atoms. The zero-order valence-electron chi connectivity index (χ0n) is 6.33. The molecule has 1 rings (SSSR count). The molecule has 0 saturated heterocycles. The molecule has 0 N–H and O–H groups in total. The summed E-state index contributed by atoms with van der Waals surface area (Å²) in [7, 11) is 0. The summed E-state index contributed by atoms with van der Waals surface area (Å²) in [5.74, 6) is -0.854. The molecule has 0 unspecified atom stereocenters. The highest BCUT2D eigenvalue weighted by Gasteiger charge is 2.09. The van der Waals surface area contributed by atoms with Crippen molar-refractivity contribution in [3.05, 3.63) is 32.0 Å². The van der Waals surface area contributed by atoms with E-state index in [9.17, 15) is 4.39 Å². The molecule has 0 fully saturated rings. The monoisotopic (exact) mass is 214 g/mol. The number of aromatic nitrogens is 2. The van der Waals surface area contributed by atoms with Gasteiger partial charge in [0.25, 0.3) is 0 Å². The molecule has 0 bridgehead atoms. The molecule has 0 radical (unpaired) electrons. The Bertz CT molecular complexity index is 419. The molecule has 0 amide bonds. The molecule has 70 valence electrons. The fraction of sp³-hybridized carbons (Fsp3) is 0. The van der Waals surface area contributed by atoms with E-state index >= 15 is 0 Å². The van der Waals surface area contributed by atoms with Crippen molar-refractivity contribution in [2.24, 2.45) is 10.2 Å². The molecule has 0 atom stereocenters. The summed E-state index contributed by atoms with van der Waals surface area (Å²) in [5, 5.41) is 5.66. The van der Waals surface area contributed by atoms with Gasteiger partial charge >= 0.3 is 6.08 Å². The number of hydrogen-bond acceptors (Lipinski definition) is 4. The lowest BCUT2D eigenvalue weighted by Gasteiger charge is -1.98. The molecule has 0 aromatic carbocycles. The summed E-state index contributed by atoms with van der Waals surface area (Å²) >= 11 is 5.52. The molecule has 0 saturated carbocycles. The Morgan fingerprint density at radius 2 is 1.57 bits per heavy atom. The maximum absolute atomic E-state index is 12.6. The van der Waals surface area contributed by atoms with Crippen molar-refractivity contribution in [1.82, 2.24) is 9.97 Å². The van der Waals surface area contributed by atoms with Crippen molar-refractivity contribution < 1.29 is 4.39 Å². The molecule has 1 aromatic rings. The third-order valence-corrected chi connectivity index (χ3v) is 1.41. The Morgan fingerprint density at radius 1 is 1.14 bits per heavy atom. The second-order valence-electron chi connectivity index (χ2n) is 1.83. The van der Waals surface area contributed by atoms with Crippen molar-refractivity contribution in [3.63, 3.8) is 0 Å². The van der Waals surface area contributed by atoms with E-state index in [1.165, 1.54) is 0 Å². The van der Waals surface area contributed by atoms with Crippen LogP contribution in [0.15, 0.2) is 10.2 Å². The molecule has 10 heteroatoms. The van der Waals surface area contributed by atoms with Gasteiger partial charge in [0.2, 0.25) is 0 Å². The molecule has 14 heavy (non-hydrogen) atoms. The first-order valence-electron chi connectivity index (χ1n) is 3.02. The van der Waals surface area contributed by atoms with Crippen molar-refractivity contribution >= 4 is 23.2 Å². The molecular formula is C4ClFN8. The van der Waals surface area contributed by atoms with Gasteiger partial charge in [-0.1, -0.05) is 11.6 Å². The maximum Gasteiger partial charge on any atom is 0.309 e. The van der Waals surface area contributed by atoms with Crippen LogP contribution in [0.4, 0.5) is 16.0 Å². The number of rotatable bonds is 2. The Hall–Kier alpha value is -2.08. The Morgan fingerprint density at radius 3 is 1.93 bits per heavy atom. The number of azide groups is 2. The smallest absolute Gasteiger partial charge is 0.199 e. The van der Waals surface area contributed by atoms with Gasteiger partial charge in [0.1, 0.15) is 0 Å². The fourth-order valence-electron chi connectivity index (χ4n) is 0.615. The normalized spacial score (nSPS) is 8.71. The van der Waals surface area contributed by atoms with Gasteiger partial charge in [-0.3, -0.25) is 0 Å². The first-order valence-corrected chi connectivity index (χ1v) is 3.40. The van der Waals surface area contributed by atoms with Crippen LogP contribution in [0.2, 0.25) is 5.02 Å². The number of nitrogens with zero attached hydrogens (tertiary/aromatic N) is 8. The van der Waals surface area contributed by atoms with Crippen molar-refractivity contribution in [2.75, 3.05) is 0 Å². The first kappa shape index (κ1) is 10.0. The third-order valence-electron chi connectivity index (χ3n) is 1.07. The molecule has 1 aromatic heterocycles. The van der Waals surface area contributed by atoms with E-state index in [-0.39, 0.29) is 5.02 Å². The molecule has 0 aliphatic heterocycles. The highest BCUT2D eigenvalue weighted by Crippen LogP contribution is 2.30.